The summed E-state index contributed by atoms with van der Waals surface area (Å²) in [6, 6.07) is 0. The second kappa shape index (κ2) is 2.75. The largest absolute Gasteiger partial charge is 0.306 e. The predicted octanol–water partition coefficient (Wildman–Crippen LogP) is 3.34. The molecule has 1 N–H and O–H groups in total. The molecule has 0 aromatic rings. The molecule has 0 saturated carbocycles. The Labute approximate surface area is 88.7 Å². The molecular formula is C13H25N. The third-order valence-electron chi connectivity index (χ3n) is 4.45. The lowest BCUT2D eigenvalue weighted by atomic mass is 9.68. The fourth-order valence-corrected chi connectivity index (χ4v) is 3.48. The monoisotopic (exact) mass is 195 g/mol. The van der Waals surface area contributed by atoms with Crippen LogP contribution in [0, 0.1) is 11.3 Å². The van der Waals surface area contributed by atoms with E-state index in [0.29, 0.717) is 16.5 Å². The van der Waals surface area contributed by atoms with Gasteiger partial charge in [-0.2, -0.15) is 0 Å². The van der Waals surface area contributed by atoms with E-state index in [0.717, 1.165) is 5.92 Å². The van der Waals surface area contributed by atoms with Crippen molar-refractivity contribution in [3.05, 3.63) is 0 Å². The van der Waals surface area contributed by atoms with Crippen LogP contribution in [-0.4, -0.2) is 11.1 Å². The summed E-state index contributed by atoms with van der Waals surface area (Å²) in [6.45, 7) is 12.0. The molecule has 2 aliphatic heterocycles. The Morgan fingerprint density at radius 1 is 1.00 bits per heavy atom. The minimum Gasteiger partial charge on any atom is -0.306 e. The molecule has 0 spiro atoms. The maximum atomic E-state index is 3.85. The number of hydrogen-bond acceptors (Lipinski definition) is 1. The first-order chi connectivity index (χ1) is 6.23. The van der Waals surface area contributed by atoms with Crippen molar-refractivity contribution in [1.82, 2.24) is 5.32 Å². The fourth-order valence-electron chi connectivity index (χ4n) is 3.48. The van der Waals surface area contributed by atoms with Crippen LogP contribution >= 0.6 is 0 Å². The molecule has 0 unspecified atom stereocenters. The van der Waals surface area contributed by atoms with E-state index >= 15 is 0 Å². The summed E-state index contributed by atoms with van der Waals surface area (Å²) in [5.74, 6) is 0.890. The van der Waals surface area contributed by atoms with Gasteiger partial charge in [-0.3, -0.25) is 0 Å². The molecule has 2 heterocycles. The minimum atomic E-state index is 0.435. The zero-order chi connectivity index (χ0) is 10.6. The quantitative estimate of drug-likeness (QED) is 0.625. The zero-order valence-corrected chi connectivity index (χ0v) is 10.4. The van der Waals surface area contributed by atoms with Crippen LogP contribution in [0.5, 0.6) is 0 Å². The lowest BCUT2D eigenvalue weighted by molar-refractivity contribution is 0.0896. The van der Waals surface area contributed by atoms with Gasteiger partial charge in [-0.05, 0) is 50.9 Å². The number of piperidine rings is 1. The van der Waals surface area contributed by atoms with Gasteiger partial charge in [0.2, 0.25) is 0 Å². The molecule has 2 bridgehead atoms. The predicted molar refractivity (Wildman–Crippen MR) is 61.4 cm³/mol. The Morgan fingerprint density at radius 3 is 1.79 bits per heavy atom. The first-order valence-electron chi connectivity index (χ1n) is 6.02. The Bertz CT molecular complexity index is 222. The fraction of sp³-hybridized carbons (Fsp3) is 1.00. The molecule has 1 nitrogen and oxygen atoms in total. The van der Waals surface area contributed by atoms with Crippen LogP contribution in [0.15, 0.2) is 0 Å². The highest BCUT2D eigenvalue weighted by atomic mass is 15.1. The second-order valence-corrected chi connectivity index (χ2v) is 7.22. The van der Waals surface area contributed by atoms with E-state index in [-0.39, 0.29) is 0 Å². The topological polar surface area (TPSA) is 12.0 Å². The van der Waals surface area contributed by atoms with E-state index in [9.17, 15) is 0 Å². The van der Waals surface area contributed by atoms with Gasteiger partial charge in [-0.1, -0.05) is 20.8 Å². The van der Waals surface area contributed by atoms with Crippen LogP contribution < -0.4 is 5.32 Å². The third kappa shape index (κ3) is 1.71. The summed E-state index contributed by atoms with van der Waals surface area (Å²) in [4.78, 5) is 0. The van der Waals surface area contributed by atoms with Crippen LogP contribution in [0.4, 0.5) is 0 Å². The van der Waals surface area contributed by atoms with Crippen molar-refractivity contribution >= 4 is 0 Å². The molecule has 1 heteroatoms. The lowest BCUT2D eigenvalue weighted by Gasteiger charge is -2.46. The lowest BCUT2D eigenvalue weighted by Crippen LogP contribution is -2.55. The molecule has 0 aromatic heterocycles. The smallest absolute Gasteiger partial charge is 0.0161 e. The summed E-state index contributed by atoms with van der Waals surface area (Å²) in [5.41, 5.74) is 1.35. The second-order valence-electron chi connectivity index (χ2n) is 7.22. The van der Waals surface area contributed by atoms with Crippen LogP contribution in [0.2, 0.25) is 0 Å². The third-order valence-corrected chi connectivity index (χ3v) is 4.45. The number of hydrogen-bond donors (Lipinski definition) is 1. The van der Waals surface area contributed by atoms with Gasteiger partial charge < -0.3 is 5.32 Å². The molecule has 3 atom stereocenters. The van der Waals surface area contributed by atoms with Gasteiger partial charge in [0.25, 0.3) is 0 Å². The number of nitrogens with one attached hydrogen (secondary N) is 1. The molecule has 2 saturated heterocycles. The average molecular weight is 195 g/mol. The maximum absolute atomic E-state index is 3.85. The average Bonchev–Trinajstić information content (AvgIpc) is 2.18. The maximum Gasteiger partial charge on any atom is 0.0161 e. The van der Waals surface area contributed by atoms with E-state index in [1.807, 2.05) is 0 Å². The Kier molecular flexibility index (Phi) is 2.06. The van der Waals surface area contributed by atoms with Gasteiger partial charge in [-0.25, -0.2) is 0 Å². The molecule has 0 aromatic carbocycles. The molecule has 0 amide bonds. The summed E-state index contributed by atoms with van der Waals surface area (Å²) < 4.78 is 0. The minimum absolute atomic E-state index is 0.435. The van der Waals surface area contributed by atoms with E-state index in [1.165, 1.54) is 25.7 Å². The number of fused-ring (bicyclic) bond motifs is 2. The van der Waals surface area contributed by atoms with Crippen LogP contribution in [0.25, 0.3) is 0 Å². The van der Waals surface area contributed by atoms with Crippen molar-refractivity contribution in [2.45, 2.75) is 71.4 Å². The zero-order valence-electron chi connectivity index (χ0n) is 10.4. The first-order valence-corrected chi connectivity index (χ1v) is 6.02. The van der Waals surface area contributed by atoms with Gasteiger partial charge in [0, 0.05) is 11.1 Å². The summed E-state index contributed by atoms with van der Waals surface area (Å²) in [5, 5.41) is 3.85. The van der Waals surface area contributed by atoms with E-state index in [2.05, 4.69) is 39.9 Å². The van der Waals surface area contributed by atoms with Gasteiger partial charge in [0.15, 0.2) is 0 Å². The first kappa shape index (κ1) is 10.5. The van der Waals surface area contributed by atoms with E-state index < -0.39 is 0 Å². The van der Waals surface area contributed by atoms with Crippen molar-refractivity contribution < 1.29 is 0 Å². The highest BCUT2D eigenvalue weighted by Crippen LogP contribution is 2.49. The van der Waals surface area contributed by atoms with Crippen LogP contribution in [0.3, 0.4) is 0 Å². The van der Waals surface area contributed by atoms with Crippen molar-refractivity contribution in [3.8, 4) is 0 Å². The van der Waals surface area contributed by atoms with Gasteiger partial charge in [0.1, 0.15) is 0 Å². The SMILES string of the molecule is CC(C)(C)[C@@H]1C[C@]2(C)CC[C@](C)(C1)N2. The standard InChI is InChI=1S/C13H25N/c1-11(2,3)10-8-12(4)6-7-13(5,9-10)14-12/h10,14H,6-9H2,1-5H3/t10-,12+,13-. The van der Waals surface area contributed by atoms with Crippen molar-refractivity contribution in [2.75, 3.05) is 0 Å². The Balaban J connectivity index is 2.20. The van der Waals surface area contributed by atoms with Crippen LogP contribution in [0.1, 0.15) is 60.3 Å². The van der Waals surface area contributed by atoms with Crippen molar-refractivity contribution in [2.24, 2.45) is 11.3 Å². The molecule has 0 radical (unpaired) electrons. The molecule has 2 fully saturated rings. The highest BCUT2D eigenvalue weighted by molar-refractivity contribution is 5.09. The summed E-state index contributed by atoms with van der Waals surface area (Å²) in [7, 11) is 0. The molecule has 2 rings (SSSR count). The summed E-state index contributed by atoms with van der Waals surface area (Å²) in [6.07, 6.45) is 5.48. The normalized spacial score (nSPS) is 48.2. The molecule has 0 aliphatic carbocycles. The number of rotatable bonds is 0. The van der Waals surface area contributed by atoms with E-state index in [4.69, 9.17) is 0 Å². The van der Waals surface area contributed by atoms with Gasteiger partial charge in [-0.15, -0.1) is 0 Å². The highest BCUT2D eigenvalue weighted by Gasteiger charge is 2.50. The molecule has 14 heavy (non-hydrogen) atoms. The molecule has 2 aliphatic rings. The van der Waals surface area contributed by atoms with Gasteiger partial charge in [0.05, 0.1) is 0 Å². The Morgan fingerprint density at radius 2 is 1.43 bits per heavy atom. The van der Waals surface area contributed by atoms with Gasteiger partial charge >= 0.3 is 0 Å². The summed E-state index contributed by atoms with van der Waals surface area (Å²) >= 11 is 0. The van der Waals surface area contributed by atoms with Crippen molar-refractivity contribution in [3.63, 3.8) is 0 Å². The van der Waals surface area contributed by atoms with Crippen LogP contribution in [-0.2, 0) is 0 Å². The Hall–Kier alpha value is -0.0400. The molecule has 82 valence electrons. The van der Waals surface area contributed by atoms with Crippen molar-refractivity contribution in [1.29, 1.82) is 0 Å². The molecular weight excluding hydrogens is 170 g/mol. The van der Waals surface area contributed by atoms with E-state index in [1.54, 1.807) is 0 Å².